The van der Waals surface area contributed by atoms with Crippen molar-refractivity contribution in [2.45, 2.75) is 26.3 Å². The molecule has 1 rings (SSSR count). The van der Waals surface area contributed by atoms with Crippen molar-refractivity contribution < 1.29 is 8.42 Å². The Labute approximate surface area is 90.8 Å². The molecule has 1 aromatic rings. The second kappa shape index (κ2) is 5.23. The third-order valence-electron chi connectivity index (χ3n) is 2.04. The lowest BCUT2D eigenvalue weighted by atomic mass is 10.1. The number of hydrogen-bond acceptors (Lipinski definition) is 3. The van der Waals surface area contributed by atoms with Crippen LogP contribution >= 0.6 is 0 Å². The molecule has 84 valence electrons. The summed E-state index contributed by atoms with van der Waals surface area (Å²) in [7, 11) is -3.15. The highest BCUT2D eigenvalue weighted by atomic mass is 32.2. The maximum absolute atomic E-state index is 11.5. The number of hydrogen-bond donors (Lipinski definition) is 1. The monoisotopic (exact) mass is 228 g/mol. The van der Waals surface area contributed by atoms with Crippen molar-refractivity contribution in [3.05, 3.63) is 30.1 Å². The largest absolute Gasteiger partial charge is 0.265 e. The summed E-state index contributed by atoms with van der Waals surface area (Å²) in [6.45, 7) is 3.67. The van der Waals surface area contributed by atoms with Gasteiger partial charge in [0, 0.05) is 18.4 Å². The summed E-state index contributed by atoms with van der Waals surface area (Å²) < 4.78 is 25.6. The Kier molecular flexibility index (Phi) is 4.23. The van der Waals surface area contributed by atoms with Gasteiger partial charge in [0.15, 0.2) is 0 Å². The highest BCUT2D eigenvalue weighted by molar-refractivity contribution is 7.89. The molecule has 0 aliphatic rings. The van der Waals surface area contributed by atoms with Gasteiger partial charge in [0.05, 0.1) is 5.75 Å². The zero-order chi connectivity index (χ0) is 11.3. The lowest BCUT2D eigenvalue weighted by Crippen LogP contribution is -2.28. The van der Waals surface area contributed by atoms with Crippen molar-refractivity contribution in [1.82, 2.24) is 9.71 Å². The summed E-state index contributed by atoms with van der Waals surface area (Å²) in [4.78, 5) is 3.88. The smallest absolute Gasteiger partial charge is 0.212 e. The molecular weight excluding hydrogens is 212 g/mol. The zero-order valence-electron chi connectivity index (χ0n) is 8.97. The quantitative estimate of drug-likeness (QED) is 0.830. The summed E-state index contributed by atoms with van der Waals surface area (Å²) in [6, 6.07) is 3.41. The summed E-state index contributed by atoms with van der Waals surface area (Å²) in [5.74, 6) is 0.169. The number of aromatic nitrogens is 1. The Morgan fingerprint density at radius 3 is 2.53 bits per heavy atom. The molecule has 0 fully saturated rings. The van der Waals surface area contributed by atoms with Crippen LogP contribution in [0.1, 0.15) is 31.9 Å². The first kappa shape index (κ1) is 12.1. The van der Waals surface area contributed by atoms with Crippen molar-refractivity contribution in [3.63, 3.8) is 0 Å². The molecule has 0 aromatic carbocycles. The van der Waals surface area contributed by atoms with Gasteiger partial charge in [-0.15, -0.1) is 0 Å². The van der Waals surface area contributed by atoms with E-state index in [4.69, 9.17) is 0 Å². The number of rotatable bonds is 5. The third kappa shape index (κ3) is 3.97. The normalized spacial score (nSPS) is 13.7. The Balaban J connectivity index is 2.68. The standard InChI is InChI=1S/C10H16N2O2S/c1-3-8-15(13,14)12-9(2)10-4-6-11-7-5-10/h4-7,9,12H,3,8H2,1-2H3/t9-/m1/s1. The SMILES string of the molecule is CCCS(=O)(=O)N[C@H](C)c1ccncc1. The van der Waals surface area contributed by atoms with Crippen molar-refractivity contribution >= 4 is 10.0 Å². The first-order valence-corrected chi connectivity index (χ1v) is 6.60. The lowest BCUT2D eigenvalue weighted by molar-refractivity contribution is 0.565. The molecule has 0 aliphatic carbocycles. The minimum absolute atomic E-state index is 0.169. The topological polar surface area (TPSA) is 59.1 Å². The fourth-order valence-corrected chi connectivity index (χ4v) is 2.65. The van der Waals surface area contributed by atoms with Crippen LogP contribution in [0.4, 0.5) is 0 Å². The van der Waals surface area contributed by atoms with E-state index in [0.29, 0.717) is 6.42 Å². The van der Waals surface area contributed by atoms with Crippen molar-refractivity contribution in [3.8, 4) is 0 Å². The van der Waals surface area contributed by atoms with Crippen LogP contribution in [0.25, 0.3) is 0 Å². The van der Waals surface area contributed by atoms with Gasteiger partial charge in [-0.2, -0.15) is 0 Å². The van der Waals surface area contributed by atoms with E-state index < -0.39 is 10.0 Å². The van der Waals surface area contributed by atoms with Crippen LogP contribution in [0.5, 0.6) is 0 Å². The van der Waals surface area contributed by atoms with Crippen LogP contribution < -0.4 is 4.72 Å². The zero-order valence-corrected chi connectivity index (χ0v) is 9.79. The number of sulfonamides is 1. The molecule has 1 aromatic heterocycles. The number of nitrogens with one attached hydrogen (secondary N) is 1. The summed E-state index contributed by atoms with van der Waals surface area (Å²) >= 11 is 0. The van der Waals surface area contributed by atoms with Crippen LogP contribution in [-0.4, -0.2) is 19.2 Å². The van der Waals surface area contributed by atoms with E-state index in [9.17, 15) is 8.42 Å². The Morgan fingerprint density at radius 2 is 2.00 bits per heavy atom. The van der Waals surface area contributed by atoms with Crippen LogP contribution in [0.15, 0.2) is 24.5 Å². The van der Waals surface area contributed by atoms with Crippen molar-refractivity contribution in [1.29, 1.82) is 0 Å². The first-order valence-electron chi connectivity index (χ1n) is 4.95. The second-order valence-electron chi connectivity index (χ2n) is 3.44. The maximum Gasteiger partial charge on any atom is 0.212 e. The molecule has 1 atom stereocenters. The average Bonchev–Trinajstić information content (AvgIpc) is 2.18. The first-order chi connectivity index (χ1) is 7.05. The van der Waals surface area contributed by atoms with E-state index in [2.05, 4.69) is 9.71 Å². The number of pyridine rings is 1. The highest BCUT2D eigenvalue weighted by Crippen LogP contribution is 2.11. The predicted octanol–water partition coefficient (Wildman–Crippen LogP) is 1.47. The minimum Gasteiger partial charge on any atom is -0.265 e. The molecule has 0 aliphatic heterocycles. The molecule has 15 heavy (non-hydrogen) atoms. The Hall–Kier alpha value is -0.940. The van der Waals surface area contributed by atoms with Crippen molar-refractivity contribution in [2.24, 2.45) is 0 Å². The van der Waals surface area contributed by atoms with E-state index in [-0.39, 0.29) is 11.8 Å². The van der Waals surface area contributed by atoms with Crippen molar-refractivity contribution in [2.75, 3.05) is 5.75 Å². The van der Waals surface area contributed by atoms with Gasteiger partial charge in [-0.1, -0.05) is 6.92 Å². The second-order valence-corrected chi connectivity index (χ2v) is 5.31. The van der Waals surface area contributed by atoms with E-state index in [1.165, 1.54) is 0 Å². The van der Waals surface area contributed by atoms with E-state index in [1.807, 2.05) is 13.8 Å². The molecule has 1 N–H and O–H groups in total. The molecule has 0 unspecified atom stereocenters. The van der Waals surface area contributed by atoms with E-state index in [1.54, 1.807) is 24.5 Å². The molecule has 0 saturated heterocycles. The molecule has 0 radical (unpaired) electrons. The average molecular weight is 228 g/mol. The minimum atomic E-state index is -3.15. The molecule has 5 heteroatoms. The summed E-state index contributed by atoms with van der Waals surface area (Å²) in [5, 5.41) is 0. The van der Waals surface area contributed by atoms with Crippen LogP contribution in [0.2, 0.25) is 0 Å². The predicted molar refractivity (Wildman–Crippen MR) is 59.9 cm³/mol. The molecule has 4 nitrogen and oxygen atoms in total. The molecule has 0 saturated carbocycles. The highest BCUT2D eigenvalue weighted by Gasteiger charge is 2.14. The van der Waals surface area contributed by atoms with Gasteiger partial charge in [0.2, 0.25) is 10.0 Å². The van der Waals surface area contributed by atoms with E-state index >= 15 is 0 Å². The number of nitrogens with zero attached hydrogens (tertiary/aromatic N) is 1. The van der Waals surface area contributed by atoms with Gasteiger partial charge >= 0.3 is 0 Å². The molecule has 1 heterocycles. The summed E-state index contributed by atoms with van der Waals surface area (Å²) in [6.07, 6.45) is 3.93. The lowest BCUT2D eigenvalue weighted by Gasteiger charge is -2.13. The molecule has 0 bridgehead atoms. The fourth-order valence-electron chi connectivity index (χ4n) is 1.32. The van der Waals surface area contributed by atoms with Crippen LogP contribution in [-0.2, 0) is 10.0 Å². The molecular formula is C10H16N2O2S. The van der Waals surface area contributed by atoms with E-state index in [0.717, 1.165) is 5.56 Å². The van der Waals surface area contributed by atoms with Gasteiger partial charge in [-0.3, -0.25) is 4.98 Å². The van der Waals surface area contributed by atoms with Crippen LogP contribution in [0.3, 0.4) is 0 Å². The fraction of sp³-hybridized carbons (Fsp3) is 0.500. The van der Waals surface area contributed by atoms with Crippen LogP contribution in [0, 0.1) is 0 Å². The Morgan fingerprint density at radius 1 is 1.40 bits per heavy atom. The third-order valence-corrected chi connectivity index (χ3v) is 3.69. The van der Waals surface area contributed by atoms with Gasteiger partial charge in [0.25, 0.3) is 0 Å². The van der Waals surface area contributed by atoms with Gasteiger partial charge in [0.1, 0.15) is 0 Å². The molecule has 0 spiro atoms. The summed E-state index contributed by atoms with van der Waals surface area (Å²) in [5.41, 5.74) is 0.921. The van der Waals surface area contributed by atoms with Gasteiger partial charge < -0.3 is 0 Å². The maximum atomic E-state index is 11.5. The Bertz CT molecular complexity index is 389. The van der Waals surface area contributed by atoms with Gasteiger partial charge in [-0.05, 0) is 31.0 Å². The molecule has 0 amide bonds. The van der Waals surface area contributed by atoms with Gasteiger partial charge in [-0.25, -0.2) is 13.1 Å².